The molecule has 0 N–H and O–H groups in total. The van der Waals surface area contributed by atoms with E-state index in [1.807, 2.05) is 30.3 Å². The minimum Gasteiger partial charge on any atom is -0.461 e. The molecule has 3 aromatic rings. The van der Waals surface area contributed by atoms with E-state index in [4.69, 9.17) is 25.7 Å². The second-order valence-electron chi connectivity index (χ2n) is 5.11. The van der Waals surface area contributed by atoms with Gasteiger partial charge in [-0.2, -0.15) is 0 Å². The van der Waals surface area contributed by atoms with Crippen LogP contribution in [0.2, 0.25) is 5.02 Å². The van der Waals surface area contributed by atoms with Crippen molar-refractivity contribution in [2.45, 2.75) is 0 Å². The second kappa shape index (κ2) is 5.59. The third-order valence-corrected chi connectivity index (χ3v) is 3.93. The van der Waals surface area contributed by atoms with Gasteiger partial charge in [0.15, 0.2) is 11.6 Å². The zero-order valence-electron chi connectivity index (χ0n) is 11.8. The summed E-state index contributed by atoms with van der Waals surface area (Å²) < 4.78 is 10.9. The highest BCUT2D eigenvalue weighted by Crippen LogP contribution is 2.29. The van der Waals surface area contributed by atoms with Gasteiger partial charge in [-0.05, 0) is 30.3 Å². The summed E-state index contributed by atoms with van der Waals surface area (Å²) in [5.41, 5.74) is 0.815. The molecule has 4 rings (SSSR count). The van der Waals surface area contributed by atoms with E-state index in [0.29, 0.717) is 29.8 Å². The molecule has 0 spiro atoms. The average molecular weight is 316 g/mol. The minimum atomic E-state index is 0.571. The highest BCUT2D eigenvalue weighted by molar-refractivity contribution is 6.31. The van der Waals surface area contributed by atoms with Crippen molar-refractivity contribution in [3.05, 3.63) is 41.6 Å². The summed E-state index contributed by atoms with van der Waals surface area (Å²) in [6.45, 7) is 3.03. The molecular formula is C16H14ClN3O2. The van der Waals surface area contributed by atoms with E-state index in [1.54, 1.807) is 6.26 Å². The van der Waals surface area contributed by atoms with Gasteiger partial charge in [0.2, 0.25) is 0 Å². The molecule has 2 aromatic heterocycles. The zero-order chi connectivity index (χ0) is 14.9. The second-order valence-corrected chi connectivity index (χ2v) is 5.55. The number of benzene rings is 1. The first-order valence-electron chi connectivity index (χ1n) is 7.15. The highest BCUT2D eigenvalue weighted by Gasteiger charge is 2.18. The van der Waals surface area contributed by atoms with Gasteiger partial charge in [-0.25, -0.2) is 9.97 Å². The molecule has 0 atom stereocenters. The topological polar surface area (TPSA) is 51.4 Å². The smallest absolute Gasteiger partial charge is 0.198 e. The number of morpholine rings is 1. The van der Waals surface area contributed by atoms with Crippen molar-refractivity contribution in [3.8, 4) is 11.6 Å². The van der Waals surface area contributed by atoms with Crippen LogP contribution in [0.25, 0.3) is 22.5 Å². The molecule has 6 heteroatoms. The molecule has 22 heavy (non-hydrogen) atoms. The SMILES string of the molecule is Clc1ccc2c(N3CCOCC3)nc(-c3ccco3)nc2c1. The van der Waals surface area contributed by atoms with Gasteiger partial charge in [0, 0.05) is 23.5 Å². The minimum absolute atomic E-state index is 0.571. The van der Waals surface area contributed by atoms with Crippen molar-refractivity contribution in [2.24, 2.45) is 0 Å². The van der Waals surface area contributed by atoms with Crippen LogP contribution in [0.1, 0.15) is 0 Å². The fourth-order valence-electron chi connectivity index (χ4n) is 2.62. The summed E-state index contributed by atoms with van der Waals surface area (Å²) >= 11 is 6.12. The molecule has 0 amide bonds. The Morgan fingerprint density at radius 2 is 1.95 bits per heavy atom. The van der Waals surface area contributed by atoms with E-state index in [9.17, 15) is 0 Å². The molecule has 0 bridgehead atoms. The fourth-order valence-corrected chi connectivity index (χ4v) is 2.78. The van der Waals surface area contributed by atoms with Crippen LogP contribution >= 0.6 is 11.6 Å². The number of nitrogens with zero attached hydrogens (tertiary/aromatic N) is 3. The molecule has 112 valence electrons. The standard InChI is InChI=1S/C16H14ClN3O2/c17-11-3-4-12-13(10-11)18-15(14-2-1-7-22-14)19-16(12)20-5-8-21-9-6-20/h1-4,7,10H,5-6,8-9H2. The van der Waals surface area contributed by atoms with Crippen LogP contribution in [-0.2, 0) is 4.74 Å². The summed E-state index contributed by atoms with van der Waals surface area (Å²) in [7, 11) is 0. The van der Waals surface area contributed by atoms with Gasteiger partial charge >= 0.3 is 0 Å². The predicted octanol–water partition coefficient (Wildman–Crippen LogP) is 3.38. The quantitative estimate of drug-likeness (QED) is 0.725. The zero-order valence-corrected chi connectivity index (χ0v) is 12.6. The van der Waals surface area contributed by atoms with Crippen LogP contribution in [0, 0.1) is 0 Å². The third-order valence-electron chi connectivity index (χ3n) is 3.69. The molecular weight excluding hydrogens is 302 g/mol. The Morgan fingerprint density at radius 1 is 1.09 bits per heavy atom. The Balaban J connectivity index is 1.91. The average Bonchev–Trinajstić information content (AvgIpc) is 3.09. The predicted molar refractivity (Wildman–Crippen MR) is 85.3 cm³/mol. The summed E-state index contributed by atoms with van der Waals surface area (Å²) in [4.78, 5) is 11.5. The number of fused-ring (bicyclic) bond motifs is 1. The largest absolute Gasteiger partial charge is 0.461 e. The Hall–Kier alpha value is -2.11. The van der Waals surface area contributed by atoms with Crippen LogP contribution in [0.5, 0.6) is 0 Å². The van der Waals surface area contributed by atoms with Crippen molar-refractivity contribution in [3.63, 3.8) is 0 Å². The summed E-state index contributed by atoms with van der Waals surface area (Å²) in [5, 5.41) is 1.64. The number of furan rings is 1. The number of hydrogen-bond acceptors (Lipinski definition) is 5. The Kier molecular flexibility index (Phi) is 3.44. The van der Waals surface area contributed by atoms with Gasteiger partial charge in [0.1, 0.15) is 5.82 Å². The van der Waals surface area contributed by atoms with Crippen molar-refractivity contribution in [2.75, 3.05) is 31.2 Å². The monoisotopic (exact) mass is 315 g/mol. The first-order valence-corrected chi connectivity index (χ1v) is 7.53. The molecule has 0 unspecified atom stereocenters. The molecule has 5 nitrogen and oxygen atoms in total. The van der Waals surface area contributed by atoms with Gasteiger partial charge in [-0.3, -0.25) is 0 Å². The molecule has 1 saturated heterocycles. The van der Waals surface area contributed by atoms with Crippen molar-refractivity contribution >= 4 is 28.3 Å². The van der Waals surface area contributed by atoms with E-state index >= 15 is 0 Å². The Labute approximate surface area is 132 Å². The maximum absolute atomic E-state index is 6.12. The number of ether oxygens (including phenoxy) is 1. The van der Waals surface area contributed by atoms with Crippen molar-refractivity contribution in [1.29, 1.82) is 0 Å². The lowest BCUT2D eigenvalue weighted by atomic mass is 10.2. The summed E-state index contributed by atoms with van der Waals surface area (Å²) in [6, 6.07) is 9.37. The first kappa shape index (κ1) is 13.5. The summed E-state index contributed by atoms with van der Waals surface area (Å²) in [6.07, 6.45) is 1.62. The number of hydrogen-bond donors (Lipinski definition) is 0. The van der Waals surface area contributed by atoms with Gasteiger partial charge in [0.25, 0.3) is 0 Å². The van der Waals surface area contributed by atoms with Gasteiger partial charge in [-0.15, -0.1) is 0 Å². The normalized spacial score (nSPS) is 15.4. The molecule has 1 aliphatic rings. The number of rotatable bonds is 2. The van der Waals surface area contributed by atoms with E-state index < -0.39 is 0 Å². The molecule has 1 aromatic carbocycles. The maximum atomic E-state index is 6.12. The number of halogens is 1. The van der Waals surface area contributed by atoms with Crippen LogP contribution in [0.3, 0.4) is 0 Å². The van der Waals surface area contributed by atoms with Gasteiger partial charge in [0.05, 0.1) is 25.0 Å². The van der Waals surface area contributed by atoms with Crippen LogP contribution < -0.4 is 4.90 Å². The molecule has 1 aliphatic heterocycles. The van der Waals surface area contributed by atoms with E-state index in [1.165, 1.54) is 0 Å². The van der Waals surface area contributed by atoms with Gasteiger partial charge in [-0.1, -0.05) is 11.6 Å². The summed E-state index contributed by atoms with van der Waals surface area (Å²) in [5.74, 6) is 2.12. The molecule has 0 aliphatic carbocycles. The first-order chi connectivity index (χ1) is 10.8. The van der Waals surface area contributed by atoms with Crippen LogP contribution in [0.15, 0.2) is 41.0 Å². The lowest BCUT2D eigenvalue weighted by molar-refractivity contribution is 0.122. The third kappa shape index (κ3) is 2.42. The van der Waals surface area contributed by atoms with E-state index in [0.717, 1.165) is 29.8 Å². The van der Waals surface area contributed by atoms with E-state index in [2.05, 4.69) is 9.88 Å². The van der Waals surface area contributed by atoms with Crippen LogP contribution in [-0.4, -0.2) is 36.3 Å². The molecule has 0 radical (unpaired) electrons. The van der Waals surface area contributed by atoms with Crippen molar-refractivity contribution in [1.82, 2.24) is 9.97 Å². The number of aromatic nitrogens is 2. The lowest BCUT2D eigenvalue weighted by Crippen LogP contribution is -2.37. The van der Waals surface area contributed by atoms with E-state index in [-0.39, 0.29) is 0 Å². The fraction of sp³-hybridized carbons (Fsp3) is 0.250. The Morgan fingerprint density at radius 3 is 2.73 bits per heavy atom. The van der Waals surface area contributed by atoms with Crippen molar-refractivity contribution < 1.29 is 9.15 Å². The molecule has 1 fully saturated rings. The maximum Gasteiger partial charge on any atom is 0.198 e. The number of anilines is 1. The van der Waals surface area contributed by atoms with Crippen LogP contribution in [0.4, 0.5) is 5.82 Å². The van der Waals surface area contributed by atoms with Gasteiger partial charge < -0.3 is 14.1 Å². The lowest BCUT2D eigenvalue weighted by Gasteiger charge is -2.28. The highest BCUT2D eigenvalue weighted by atomic mass is 35.5. The Bertz CT molecular complexity index is 799. The molecule has 0 saturated carbocycles. The molecule has 3 heterocycles.